The predicted octanol–water partition coefficient (Wildman–Crippen LogP) is 4.42. The van der Waals surface area contributed by atoms with Crippen molar-refractivity contribution in [2.45, 2.75) is 18.9 Å². The van der Waals surface area contributed by atoms with E-state index in [1.807, 2.05) is 0 Å². The summed E-state index contributed by atoms with van der Waals surface area (Å²) in [6.45, 7) is 1.09. The number of para-hydroxylation sites is 1. The van der Waals surface area contributed by atoms with Crippen LogP contribution < -0.4 is 4.90 Å². The standard InChI is InChI=1S/C17H18ClN/c18-12-10-17(14-6-2-1-3-7-14)19-13-11-15-8-4-5-9-16(15)19/h1-9,17H,10-13H2. The fourth-order valence-electron chi connectivity index (χ4n) is 2.97. The molecular weight excluding hydrogens is 254 g/mol. The van der Waals surface area contributed by atoms with Crippen LogP contribution in [0.5, 0.6) is 0 Å². The molecule has 0 N–H and O–H groups in total. The zero-order valence-corrected chi connectivity index (χ0v) is 11.7. The maximum absolute atomic E-state index is 6.03. The number of nitrogens with zero attached hydrogens (tertiary/aromatic N) is 1. The first kappa shape index (κ1) is 12.6. The smallest absolute Gasteiger partial charge is 0.0554 e. The van der Waals surface area contributed by atoms with Gasteiger partial charge in [0.25, 0.3) is 0 Å². The Kier molecular flexibility index (Phi) is 3.74. The first-order valence-corrected chi connectivity index (χ1v) is 7.39. The van der Waals surface area contributed by atoms with Gasteiger partial charge in [-0.2, -0.15) is 0 Å². The van der Waals surface area contributed by atoms with E-state index in [4.69, 9.17) is 11.6 Å². The van der Waals surface area contributed by atoms with Crippen LogP contribution in [-0.2, 0) is 6.42 Å². The van der Waals surface area contributed by atoms with Crippen LogP contribution in [0.1, 0.15) is 23.6 Å². The molecule has 1 nitrogen and oxygen atoms in total. The van der Waals surface area contributed by atoms with Gasteiger partial charge >= 0.3 is 0 Å². The predicted molar refractivity (Wildman–Crippen MR) is 82.0 cm³/mol. The zero-order chi connectivity index (χ0) is 13.1. The summed E-state index contributed by atoms with van der Waals surface area (Å²) in [5.74, 6) is 0.693. The van der Waals surface area contributed by atoms with E-state index in [0.717, 1.165) is 19.4 Å². The average molecular weight is 272 g/mol. The summed E-state index contributed by atoms with van der Waals surface area (Å²) in [6.07, 6.45) is 2.13. The third-order valence-corrected chi connectivity index (χ3v) is 4.08. The Hall–Kier alpha value is -1.47. The second-order valence-corrected chi connectivity index (χ2v) is 5.35. The third kappa shape index (κ3) is 2.48. The molecule has 0 aromatic heterocycles. The van der Waals surface area contributed by atoms with Gasteiger partial charge in [-0.3, -0.25) is 0 Å². The second kappa shape index (κ2) is 5.66. The van der Waals surface area contributed by atoms with Gasteiger partial charge in [-0.05, 0) is 30.0 Å². The van der Waals surface area contributed by atoms with Gasteiger partial charge in [-0.25, -0.2) is 0 Å². The molecule has 2 aromatic carbocycles. The van der Waals surface area contributed by atoms with Crippen LogP contribution in [0, 0.1) is 0 Å². The highest BCUT2D eigenvalue weighted by molar-refractivity contribution is 6.17. The van der Waals surface area contributed by atoms with E-state index >= 15 is 0 Å². The maximum atomic E-state index is 6.03. The van der Waals surface area contributed by atoms with E-state index in [-0.39, 0.29) is 0 Å². The summed E-state index contributed by atoms with van der Waals surface area (Å²) < 4.78 is 0. The molecular formula is C17H18ClN. The Morgan fingerprint density at radius 2 is 1.74 bits per heavy atom. The van der Waals surface area contributed by atoms with Crippen LogP contribution in [0.3, 0.4) is 0 Å². The van der Waals surface area contributed by atoms with Crippen molar-refractivity contribution >= 4 is 17.3 Å². The number of halogens is 1. The molecule has 3 rings (SSSR count). The molecule has 1 aliphatic rings. The molecule has 0 bridgehead atoms. The number of benzene rings is 2. The van der Waals surface area contributed by atoms with Crippen molar-refractivity contribution in [2.75, 3.05) is 17.3 Å². The number of hydrogen-bond acceptors (Lipinski definition) is 1. The largest absolute Gasteiger partial charge is 0.364 e. The SMILES string of the molecule is ClCCC(c1ccccc1)N1CCc2ccccc21. The lowest BCUT2D eigenvalue weighted by atomic mass is 10.0. The second-order valence-electron chi connectivity index (χ2n) is 4.98. The van der Waals surface area contributed by atoms with Crippen molar-refractivity contribution in [1.29, 1.82) is 0 Å². The monoisotopic (exact) mass is 271 g/mol. The number of anilines is 1. The summed E-state index contributed by atoms with van der Waals surface area (Å²) in [7, 11) is 0. The topological polar surface area (TPSA) is 3.24 Å². The van der Waals surface area contributed by atoms with Crippen molar-refractivity contribution in [2.24, 2.45) is 0 Å². The first-order chi connectivity index (χ1) is 9.40. The molecule has 0 aliphatic carbocycles. The van der Waals surface area contributed by atoms with E-state index in [0.29, 0.717) is 11.9 Å². The van der Waals surface area contributed by atoms with Crippen molar-refractivity contribution < 1.29 is 0 Å². The molecule has 0 saturated heterocycles. The molecule has 19 heavy (non-hydrogen) atoms. The van der Waals surface area contributed by atoms with E-state index in [9.17, 15) is 0 Å². The van der Waals surface area contributed by atoms with Crippen molar-refractivity contribution in [1.82, 2.24) is 0 Å². The molecule has 1 heterocycles. The van der Waals surface area contributed by atoms with Gasteiger partial charge in [-0.1, -0.05) is 48.5 Å². The molecule has 0 radical (unpaired) electrons. The Labute approximate surface area is 119 Å². The van der Waals surface area contributed by atoms with Gasteiger partial charge < -0.3 is 4.90 Å². The number of hydrogen-bond donors (Lipinski definition) is 0. The van der Waals surface area contributed by atoms with Crippen LogP contribution in [0.25, 0.3) is 0 Å². The fourth-order valence-corrected chi connectivity index (χ4v) is 3.18. The molecule has 2 aromatic rings. The first-order valence-electron chi connectivity index (χ1n) is 6.85. The highest BCUT2D eigenvalue weighted by Crippen LogP contribution is 2.36. The van der Waals surface area contributed by atoms with Crippen molar-refractivity contribution in [3.8, 4) is 0 Å². The quantitative estimate of drug-likeness (QED) is 0.744. The summed E-state index contributed by atoms with van der Waals surface area (Å²) >= 11 is 6.03. The lowest BCUT2D eigenvalue weighted by molar-refractivity contribution is 0.623. The molecule has 1 atom stereocenters. The van der Waals surface area contributed by atoms with Gasteiger partial charge in [-0.15, -0.1) is 11.6 Å². The van der Waals surface area contributed by atoms with Crippen molar-refractivity contribution in [3.63, 3.8) is 0 Å². The Morgan fingerprint density at radius 1 is 1.00 bits per heavy atom. The van der Waals surface area contributed by atoms with Gasteiger partial charge in [0.1, 0.15) is 0 Å². The highest BCUT2D eigenvalue weighted by atomic mass is 35.5. The summed E-state index contributed by atoms with van der Waals surface area (Å²) in [5.41, 5.74) is 4.19. The van der Waals surface area contributed by atoms with Crippen LogP contribution in [0.2, 0.25) is 0 Å². The van der Waals surface area contributed by atoms with Crippen LogP contribution >= 0.6 is 11.6 Å². The van der Waals surface area contributed by atoms with Gasteiger partial charge in [0.2, 0.25) is 0 Å². The van der Waals surface area contributed by atoms with Gasteiger partial charge in [0.05, 0.1) is 6.04 Å². The lowest BCUT2D eigenvalue weighted by Gasteiger charge is -2.30. The third-order valence-electron chi connectivity index (χ3n) is 3.87. The Morgan fingerprint density at radius 3 is 2.53 bits per heavy atom. The number of alkyl halides is 1. The molecule has 1 unspecified atom stereocenters. The molecule has 0 spiro atoms. The van der Waals surface area contributed by atoms with E-state index in [2.05, 4.69) is 59.5 Å². The van der Waals surface area contributed by atoms with Crippen LogP contribution in [0.4, 0.5) is 5.69 Å². The Balaban J connectivity index is 1.94. The summed E-state index contributed by atoms with van der Waals surface area (Å²) in [4.78, 5) is 2.51. The zero-order valence-electron chi connectivity index (χ0n) is 10.9. The van der Waals surface area contributed by atoms with Gasteiger partial charge in [0.15, 0.2) is 0 Å². The minimum absolute atomic E-state index is 0.391. The molecule has 1 aliphatic heterocycles. The molecule has 2 heteroatoms. The van der Waals surface area contributed by atoms with Gasteiger partial charge in [0, 0.05) is 18.1 Å². The van der Waals surface area contributed by atoms with E-state index < -0.39 is 0 Å². The van der Waals surface area contributed by atoms with Crippen LogP contribution in [-0.4, -0.2) is 12.4 Å². The number of fused-ring (bicyclic) bond motifs is 1. The van der Waals surface area contributed by atoms with Crippen LogP contribution in [0.15, 0.2) is 54.6 Å². The van der Waals surface area contributed by atoms with Crippen molar-refractivity contribution in [3.05, 3.63) is 65.7 Å². The lowest BCUT2D eigenvalue weighted by Crippen LogP contribution is -2.27. The minimum Gasteiger partial charge on any atom is -0.364 e. The summed E-state index contributed by atoms with van der Waals surface area (Å²) in [6, 6.07) is 19.8. The molecule has 0 saturated carbocycles. The van der Waals surface area contributed by atoms with E-state index in [1.165, 1.54) is 16.8 Å². The minimum atomic E-state index is 0.391. The Bertz CT molecular complexity index is 538. The normalized spacial score (nSPS) is 15.3. The average Bonchev–Trinajstić information content (AvgIpc) is 2.89. The molecule has 0 amide bonds. The molecule has 98 valence electrons. The molecule has 0 fully saturated rings. The number of rotatable bonds is 4. The van der Waals surface area contributed by atoms with E-state index in [1.54, 1.807) is 0 Å². The maximum Gasteiger partial charge on any atom is 0.0554 e. The highest BCUT2D eigenvalue weighted by Gasteiger charge is 2.26. The summed E-state index contributed by atoms with van der Waals surface area (Å²) in [5, 5.41) is 0. The fraction of sp³-hybridized carbons (Fsp3) is 0.294.